The Morgan fingerprint density at radius 2 is 2.00 bits per heavy atom. The van der Waals surface area contributed by atoms with Crippen LogP contribution in [0, 0.1) is 0 Å². The average Bonchev–Trinajstić information content (AvgIpc) is 2.98. The summed E-state index contributed by atoms with van der Waals surface area (Å²) in [7, 11) is 0. The summed E-state index contributed by atoms with van der Waals surface area (Å²) < 4.78 is 2.09. The summed E-state index contributed by atoms with van der Waals surface area (Å²) in [6, 6.07) is 9.70. The van der Waals surface area contributed by atoms with Crippen molar-refractivity contribution < 1.29 is 9.90 Å². The highest BCUT2D eigenvalue weighted by Gasteiger charge is 2.34. The standard InChI is InChI=1S/C21H26N4O2/c1-6-24-18-10-9-15(16-8-7-11-22-13-16)12-17(18)23-19(24)14(2)25(20(26)27)21(3,4)5/h7-14H,6H2,1-5H3,(H,26,27)/t14-/m1/s1. The van der Waals surface area contributed by atoms with E-state index < -0.39 is 11.6 Å². The normalized spacial score (nSPS) is 12.9. The third-order valence-electron chi connectivity index (χ3n) is 4.78. The molecule has 0 radical (unpaired) electrons. The van der Waals surface area contributed by atoms with Crippen LogP contribution in [0.1, 0.15) is 46.5 Å². The molecule has 1 N–H and O–H groups in total. The molecule has 1 atom stereocenters. The number of pyridine rings is 1. The topological polar surface area (TPSA) is 71.2 Å². The van der Waals surface area contributed by atoms with Crippen LogP contribution >= 0.6 is 0 Å². The second kappa shape index (κ2) is 7.02. The van der Waals surface area contributed by atoms with Crippen molar-refractivity contribution in [1.82, 2.24) is 19.4 Å². The van der Waals surface area contributed by atoms with Crippen molar-refractivity contribution in [3.8, 4) is 11.1 Å². The molecule has 2 heterocycles. The SMILES string of the molecule is CCn1c([C@@H](C)N(C(=O)O)C(C)(C)C)nc2cc(-c3cccnc3)ccc21. The van der Waals surface area contributed by atoms with Gasteiger partial charge in [0.2, 0.25) is 0 Å². The van der Waals surface area contributed by atoms with E-state index >= 15 is 0 Å². The minimum atomic E-state index is -0.944. The van der Waals surface area contributed by atoms with Crippen molar-refractivity contribution in [3.63, 3.8) is 0 Å². The minimum absolute atomic E-state index is 0.364. The Morgan fingerprint density at radius 3 is 2.56 bits per heavy atom. The molecule has 1 aromatic carbocycles. The van der Waals surface area contributed by atoms with Crippen LogP contribution in [0.3, 0.4) is 0 Å². The smallest absolute Gasteiger partial charge is 0.408 e. The lowest BCUT2D eigenvalue weighted by Gasteiger charge is -2.37. The summed E-state index contributed by atoms with van der Waals surface area (Å²) in [5.41, 5.74) is 3.41. The van der Waals surface area contributed by atoms with E-state index in [9.17, 15) is 9.90 Å². The number of nitrogens with zero attached hydrogens (tertiary/aromatic N) is 4. The summed E-state index contributed by atoms with van der Waals surface area (Å²) in [5, 5.41) is 9.75. The van der Waals surface area contributed by atoms with Gasteiger partial charge in [0.25, 0.3) is 0 Å². The van der Waals surface area contributed by atoms with Gasteiger partial charge in [0, 0.05) is 30.0 Å². The van der Waals surface area contributed by atoms with Crippen LogP contribution in [0.25, 0.3) is 22.2 Å². The third-order valence-corrected chi connectivity index (χ3v) is 4.78. The molecular formula is C21H26N4O2. The first-order valence-electron chi connectivity index (χ1n) is 9.17. The number of amides is 1. The highest BCUT2D eigenvalue weighted by atomic mass is 16.4. The molecule has 0 saturated heterocycles. The largest absolute Gasteiger partial charge is 0.465 e. The van der Waals surface area contributed by atoms with Crippen molar-refractivity contribution in [2.24, 2.45) is 0 Å². The number of hydrogen-bond donors (Lipinski definition) is 1. The van der Waals surface area contributed by atoms with Gasteiger partial charge in [0.1, 0.15) is 5.82 Å². The van der Waals surface area contributed by atoms with Crippen molar-refractivity contribution in [3.05, 3.63) is 48.5 Å². The molecule has 0 fully saturated rings. The highest BCUT2D eigenvalue weighted by molar-refractivity contribution is 5.82. The number of fused-ring (bicyclic) bond motifs is 1. The molecule has 3 aromatic rings. The Hall–Kier alpha value is -2.89. The molecule has 0 aliphatic heterocycles. The zero-order valence-corrected chi connectivity index (χ0v) is 16.5. The van der Waals surface area contributed by atoms with Gasteiger partial charge in [-0.15, -0.1) is 0 Å². The highest BCUT2D eigenvalue weighted by Crippen LogP contribution is 2.31. The van der Waals surface area contributed by atoms with E-state index in [1.54, 1.807) is 6.20 Å². The van der Waals surface area contributed by atoms with Gasteiger partial charge in [-0.1, -0.05) is 12.1 Å². The Labute approximate surface area is 159 Å². The van der Waals surface area contributed by atoms with Gasteiger partial charge in [0.05, 0.1) is 17.1 Å². The van der Waals surface area contributed by atoms with Gasteiger partial charge in [0.15, 0.2) is 0 Å². The third kappa shape index (κ3) is 3.52. The van der Waals surface area contributed by atoms with E-state index in [1.165, 1.54) is 4.90 Å². The lowest BCUT2D eigenvalue weighted by atomic mass is 10.0. The van der Waals surface area contributed by atoms with Crippen molar-refractivity contribution in [2.45, 2.75) is 52.7 Å². The molecular weight excluding hydrogens is 340 g/mol. The quantitative estimate of drug-likeness (QED) is 0.708. The molecule has 0 spiro atoms. The van der Waals surface area contributed by atoms with Crippen LogP contribution in [0.5, 0.6) is 0 Å². The molecule has 27 heavy (non-hydrogen) atoms. The maximum atomic E-state index is 11.9. The average molecular weight is 366 g/mol. The number of carbonyl (C=O) groups is 1. The minimum Gasteiger partial charge on any atom is -0.465 e. The number of carboxylic acid groups (broad SMARTS) is 1. The zero-order valence-electron chi connectivity index (χ0n) is 16.5. The van der Waals surface area contributed by atoms with E-state index in [0.717, 1.165) is 34.5 Å². The van der Waals surface area contributed by atoms with Gasteiger partial charge in [-0.2, -0.15) is 0 Å². The molecule has 1 amide bonds. The van der Waals surface area contributed by atoms with Gasteiger partial charge in [-0.25, -0.2) is 9.78 Å². The fraction of sp³-hybridized carbons (Fsp3) is 0.381. The molecule has 0 saturated carbocycles. The Balaban J connectivity index is 2.12. The van der Waals surface area contributed by atoms with Crippen LogP contribution in [-0.2, 0) is 6.54 Å². The van der Waals surface area contributed by atoms with E-state index in [2.05, 4.69) is 22.5 Å². The predicted molar refractivity (Wildman–Crippen MR) is 107 cm³/mol. The lowest BCUT2D eigenvalue weighted by Crippen LogP contribution is -2.47. The molecule has 142 valence electrons. The molecule has 2 aromatic heterocycles. The maximum Gasteiger partial charge on any atom is 0.408 e. The van der Waals surface area contributed by atoms with Crippen LogP contribution < -0.4 is 0 Å². The van der Waals surface area contributed by atoms with Gasteiger partial charge in [-0.3, -0.25) is 9.88 Å². The second-order valence-electron chi connectivity index (χ2n) is 7.66. The van der Waals surface area contributed by atoms with Crippen molar-refractivity contribution >= 4 is 17.1 Å². The van der Waals surface area contributed by atoms with E-state index in [1.807, 2.05) is 58.2 Å². The molecule has 0 aliphatic rings. The summed E-state index contributed by atoms with van der Waals surface area (Å²) >= 11 is 0. The van der Waals surface area contributed by atoms with Crippen LogP contribution in [0.15, 0.2) is 42.7 Å². The van der Waals surface area contributed by atoms with Crippen LogP contribution in [0.2, 0.25) is 0 Å². The van der Waals surface area contributed by atoms with Crippen LogP contribution in [0.4, 0.5) is 4.79 Å². The summed E-state index contributed by atoms with van der Waals surface area (Å²) in [5.74, 6) is 0.758. The molecule has 0 bridgehead atoms. The summed E-state index contributed by atoms with van der Waals surface area (Å²) in [4.78, 5) is 22.4. The summed E-state index contributed by atoms with van der Waals surface area (Å²) in [6.45, 7) is 10.4. The zero-order chi connectivity index (χ0) is 19.8. The predicted octanol–water partition coefficient (Wildman–Crippen LogP) is 4.96. The Bertz CT molecular complexity index is 957. The van der Waals surface area contributed by atoms with Crippen LogP contribution in [-0.4, -0.2) is 36.2 Å². The maximum absolute atomic E-state index is 11.9. The molecule has 0 unspecified atom stereocenters. The Kier molecular flexibility index (Phi) is 4.91. The van der Waals surface area contributed by atoms with Gasteiger partial charge in [-0.05, 0) is 58.4 Å². The fourth-order valence-electron chi connectivity index (χ4n) is 3.66. The first-order valence-corrected chi connectivity index (χ1v) is 9.17. The molecule has 3 rings (SSSR count). The number of hydrogen-bond acceptors (Lipinski definition) is 3. The van der Waals surface area contributed by atoms with Gasteiger partial charge < -0.3 is 9.67 Å². The van der Waals surface area contributed by atoms with E-state index in [-0.39, 0.29) is 6.04 Å². The molecule has 6 heteroatoms. The van der Waals surface area contributed by atoms with E-state index in [0.29, 0.717) is 0 Å². The first kappa shape index (κ1) is 18.9. The number of imidazole rings is 1. The number of aryl methyl sites for hydroxylation is 1. The fourth-order valence-corrected chi connectivity index (χ4v) is 3.66. The van der Waals surface area contributed by atoms with Crippen molar-refractivity contribution in [2.75, 3.05) is 0 Å². The number of aromatic nitrogens is 3. The summed E-state index contributed by atoms with van der Waals surface area (Å²) in [6.07, 6.45) is 2.63. The van der Waals surface area contributed by atoms with E-state index in [4.69, 9.17) is 4.98 Å². The number of benzene rings is 1. The number of rotatable bonds is 4. The van der Waals surface area contributed by atoms with Crippen molar-refractivity contribution in [1.29, 1.82) is 0 Å². The molecule has 0 aliphatic carbocycles. The van der Waals surface area contributed by atoms with Gasteiger partial charge >= 0.3 is 6.09 Å². The Morgan fingerprint density at radius 1 is 1.26 bits per heavy atom. The monoisotopic (exact) mass is 366 g/mol. The lowest BCUT2D eigenvalue weighted by molar-refractivity contribution is 0.0717. The second-order valence-corrected chi connectivity index (χ2v) is 7.66. The molecule has 6 nitrogen and oxygen atoms in total. The first-order chi connectivity index (χ1) is 12.7.